The molecule has 7 heteroatoms. The maximum absolute atomic E-state index is 10.7. The van der Waals surface area contributed by atoms with Crippen LogP contribution in [0.25, 0.3) is 0 Å². The number of hydrogen-bond acceptors (Lipinski definition) is 4. The first-order chi connectivity index (χ1) is 6.04. The summed E-state index contributed by atoms with van der Waals surface area (Å²) in [6.07, 6.45) is 2.27. The maximum atomic E-state index is 10.7. The summed E-state index contributed by atoms with van der Waals surface area (Å²) in [6.45, 7) is 1.47. The van der Waals surface area contributed by atoms with E-state index < -0.39 is 16.9 Å². The number of aromatic nitrogens is 2. The van der Waals surface area contributed by atoms with Crippen LogP contribution in [0.3, 0.4) is 0 Å². The molecule has 1 amide bonds. The lowest BCUT2D eigenvalue weighted by Crippen LogP contribution is -2.24. The van der Waals surface area contributed by atoms with Gasteiger partial charge in [0.05, 0.1) is 0 Å². The molecular formula is C6H8N4O3. The summed E-state index contributed by atoms with van der Waals surface area (Å²) < 4.78 is 1.11. The molecule has 0 aliphatic heterocycles. The van der Waals surface area contributed by atoms with Crippen molar-refractivity contribution in [2.24, 2.45) is 5.73 Å². The Kier molecular flexibility index (Phi) is 2.27. The van der Waals surface area contributed by atoms with Gasteiger partial charge in [-0.05, 0) is 11.8 Å². The Morgan fingerprint density at radius 2 is 2.46 bits per heavy atom. The van der Waals surface area contributed by atoms with Crippen molar-refractivity contribution < 1.29 is 9.72 Å². The molecule has 1 unspecified atom stereocenters. The second-order valence-corrected chi connectivity index (χ2v) is 2.49. The van der Waals surface area contributed by atoms with E-state index in [4.69, 9.17) is 5.73 Å². The SMILES string of the molecule is CC(C(N)=O)n1cncc1[N+](=O)[O-]. The van der Waals surface area contributed by atoms with Gasteiger partial charge in [-0.3, -0.25) is 4.79 Å². The summed E-state index contributed by atoms with van der Waals surface area (Å²) in [4.78, 5) is 24.1. The topological polar surface area (TPSA) is 104 Å². The number of rotatable bonds is 3. The molecule has 0 saturated heterocycles. The van der Waals surface area contributed by atoms with Crippen molar-refractivity contribution >= 4 is 11.7 Å². The zero-order valence-electron chi connectivity index (χ0n) is 6.88. The molecule has 1 rings (SSSR count). The van der Waals surface area contributed by atoms with E-state index in [9.17, 15) is 14.9 Å². The van der Waals surface area contributed by atoms with E-state index in [1.807, 2.05) is 0 Å². The Hall–Kier alpha value is -1.92. The van der Waals surface area contributed by atoms with E-state index in [1.54, 1.807) is 0 Å². The van der Waals surface area contributed by atoms with E-state index in [2.05, 4.69) is 4.98 Å². The molecule has 0 bridgehead atoms. The summed E-state index contributed by atoms with van der Waals surface area (Å²) in [5.41, 5.74) is 4.99. The second kappa shape index (κ2) is 3.21. The minimum absolute atomic E-state index is 0.244. The van der Waals surface area contributed by atoms with Crippen LogP contribution in [0.5, 0.6) is 0 Å². The van der Waals surface area contributed by atoms with Crippen LogP contribution in [0, 0.1) is 10.1 Å². The van der Waals surface area contributed by atoms with Gasteiger partial charge in [-0.25, -0.2) is 9.55 Å². The quantitative estimate of drug-likeness (QED) is 0.520. The van der Waals surface area contributed by atoms with Crippen LogP contribution in [-0.2, 0) is 4.79 Å². The highest BCUT2D eigenvalue weighted by molar-refractivity contribution is 5.78. The van der Waals surface area contributed by atoms with Crippen molar-refractivity contribution in [1.82, 2.24) is 9.55 Å². The predicted octanol–water partition coefficient (Wildman–Crippen LogP) is -0.162. The molecular weight excluding hydrogens is 176 g/mol. The van der Waals surface area contributed by atoms with Gasteiger partial charge in [-0.2, -0.15) is 0 Å². The van der Waals surface area contributed by atoms with Crippen LogP contribution < -0.4 is 5.73 Å². The molecule has 1 aromatic heterocycles. The summed E-state index contributed by atoms with van der Waals surface area (Å²) in [7, 11) is 0. The van der Waals surface area contributed by atoms with E-state index in [0.717, 1.165) is 10.8 Å². The number of imidazole rings is 1. The second-order valence-electron chi connectivity index (χ2n) is 2.49. The Balaban J connectivity index is 3.07. The van der Waals surface area contributed by atoms with Gasteiger partial charge in [0.1, 0.15) is 6.20 Å². The van der Waals surface area contributed by atoms with Crippen LogP contribution in [0.15, 0.2) is 12.5 Å². The third-order valence-electron chi connectivity index (χ3n) is 1.66. The summed E-state index contributed by atoms with van der Waals surface area (Å²) in [6, 6.07) is -0.761. The summed E-state index contributed by atoms with van der Waals surface area (Å²) >= 11 is 0. The zero-order chi connectivity index (χ0) is 10.0. The number of nitrogens with two attached hydrogens (primary N) is 1. The first-order valence-electron chi connectivity index (χ1n) is 3.49. The minimum Gasteiger partial charge on any atom is -0.366 e. The molecule has 0 aliphatic carbocycles. The molecule has 0 fully saturated rings. The van der Waals surface area contributed by atoms with Crippen LogP contribution in [-0.4, -0.2) is 20.4 Å². The number of amides is 1. The number of carbonyl (C=O) groups excluding carboxylic acids is 1. The van der Waals surface area contributed by atoms with Gasteiger partial charge in [0.2, 0.25) is 0 Å². The highest BCUT2D eigenvalue weighted by Crippen LogP contribution is 2.15. The van der Waals surface area contributed by atoms with E-state index in [0.29, 0.717) is 0 Å². The van der Waals surface area contributed by atoms with Crippen molar-refractivity contribution in [3.8, 4) is 0 Å². The average Bonchev–Trinajstić information content (AvgIpc) is 2.50. The molecule has 0 spiro atoms. The summed E-state index contributed by atoms with van der Waals surface area (Å²) in [5.74, 6) is -0.882. The third-order valence-corrected chi connectivity index (χ3v) is 1.66. The van der Waals surface area contributed by atoms with Crippen molar-refractivity contribution in [2.45, 2.75) is 13.0 Å². The molecule has 70 valence electrons. The van der Waals surface area contributed by atoms with Gasteiger partial charge in [0, 0.05) is 0 Å². The van der Waals surface area contributed by atoms with Crippen molar-refractivity contribution in [3.63, 3.8) is 0 Å². The van der Waals surface area contributed by atoms with Gasteiger partial charge in [0.25, 0.3) is 5.91 Å². The lowest BCUT2D eigenvalue weighted by molar-refractivity contribution is -0.392. The van der Waals surface area contributed by atoms with Gasteiger partial charge >= 0.3 is 5.82 Å². The Bertz CT molecular complexity index is 345. The number of hydrogen-bond donors (Lipinski definition) is 1. The molecule has 0 aliphatic rings. The molecule has 1 aromatic rings. The molecule has 1 atom stereocenters. The van der Waals surface area contributed by atoms with Crippen molar-refractivity contribution in [2.75, 3.05) is 0 Å². The Morgan fingerprint density at radius 3 is 2.92 bits per heavy atom. The molecule has 7 nitrogen and oxygen atoms in total. The predicted molar refractivity (Wildman–Crippen MR) is 42.8 cm³/mol. The molecule has 13 heavy (non-hydrogen) atoms. The van der Waals surface area contributed by atoms with Gasteiger partial charge in [-0.1, -0.05) is 0 Å². The molecule has 0 saturated carbocycles. The Morgan fingerprint density at radius 1 is 1.85 bits per heavy atom. The third kappa shape index (κ3) is 1.63. The van der Waals surface area contributed by atoms with Gasteiger partial charge in [0.15, 0.2) is 12.4 Å². The summed E-state index contributed by atoms with van der Waals surface area (Å²) in [5, 5.41) is 10.4. The molecule has 2 N–H and O–H groups in total. The van der Waals surface area contributed by atoms with Crippen molar-refractivity contribution in [1.29, 1.82) is 0 Å². The van der Waals surface area contributed by atoms with Crippen molar-refractivity contribution in [3.05, 3.63) is 22.6 Å². The van der Waals surface area contributed by atoms with E-state index in [1.165, 1.54) is 13.3 Å². The molecule has 0 aromatic carbocycles. The number of carbonyl (C=O) groups is 1. The smallest absolute Gasteiger partial charge is 0.343 e. The van der Waals surface area contributed by atoms with Crippen LogP contribution in [0.1, 0.15) is 13.0 Å². The Labute approximate surface area is 73.3 Å². The fourth-order valence-corrected chi connectivity index (χ4v) is 0.875. The number of primary amides is 1. The number of nitro groups is 1. The van der Waals surface area contributed by atoms with E-state index >= 15 is 0 Å². The van der Waals surface area contributed by atoms with Gasteiger partial charge in [-0.15, -0.1) is 0 Å². The monoisotopic (exact) mass is 184 g/mol. The minimum atomic E-state index is -0.761. The normalized spacial score (nSPS) is 12.4. The number of nitrogens with zero attached hydrogens (tertiary/aromatic N) is 3. The van der Waals surface area contributed by atoms with Crippen LogP contribution >= 0.6 is 0 Å². The molecule has 0 radical (unpaired) electrons. The zero-order valence-corrected chi connectivity index (χ0v) is 6.88. The van der Waals surface area contributed by atoms with E-state index in [-0.39, 0.29) is 5.82 Å². The van der Waals surface area contributed by atoms with Crippen LogP contribution in [0.2, 0.25) is 0 Å². The van der Waals surface area contributed by atoms with Crippen LogP contribution in [0.4, 0.5) is 5.82 Å². The highest BCUT2D eigenvalue weighted by Gasteiger charge is 2.22. The fraction of sp³-hybridized carbons (Fsp3) is 0.333. The molecule has 1 heterocycles. The lowest BCUT2D eigenvalue weighted by Gasteiger charge is -2.04. The average molecular weight is 184 g/mol. The lowest BCUT2D eigenvalue weighted by atomic mass is 10.3. The maximum Gasteiger partial charge on any atom is 0.343 e. The highest BCUT2D eigenvalue weighted by atomic mass is 16.6. The first-order valence-corrected chi connectivity index (χ1v) is 3.49. The largest absolute Gasteiger partial charge is 0.366 e. The first kappa shape index (κ1) is 9.17. The fourth-order valence-electron chi connectivity index (χ4n) is 0.875. The standard InChI is InChI=1S/C6H8N4O3/c1-4(6(7)11)9-3-8-2-5(9)10(12)13/h2-4H,1H3,(H2,7,11). The van der Waals surface area contributed by atoms with Gasteiger partial charge < -0.3 is 15.8 Å².